The SMILES string of the molecule is Cc1oc2ccccc2c1CNc1cccc(Cl)n1. The third-order valence-corrected chi connectivity index (χ3v) is 3.27. The molecule has 3 aromatic rings. The number of para-hydroxylation sites is 1. The van der Waals surface area contributed by atoms with Crippen LogP contribution in [0.5, 0.6) is 0 Å². The molecule has 3 nitrogen and oxygen atoms in total. The summed E-state index contributed by atoms with van der Waals surface area (Å²) in [5.41, 5.74) is 2.06. The Labute approximate surface area is 116 Å². The smallest absolute Gasteiger partial charge is 0.134 e. The highest BCUT2D eigenvalue weighted by molar-refractivity contribution is 6.29. The molecule has 0 spiro atoms. The molecule has 96 valence electrons. The van der Waals surface area contributed by atoms with Gasteiger partial charge in [0.1, 0.15) is 22.3 Å². The van der Waals surface area contributed by atoms with Crippen molar-refractivity contribution < 1.29 is 4.42 Å². The second kappa shape index (κ2) is 4.94. The molecule has 19 heavy (non-hydrogen) atoms. The summed E-state index contributed by atoms with van der Waals surface area (Å²) in [6, 6.07) is 13.5. The van der Waals surface area contributed by atoms with Crippen LogP contribution in [0, 0.1) is 6.92 Å². The molecule has 4 heteroatoms. The van der Waals surface area contributed by atoms with Crippen LogP contribution in [0.3, 0.4) is 0 Å². The summed E-state index contributed by atoms with van der Waals surface area (Å²) in [6.07, 6.45) is 0. The zero-order valence-corrected chi connectivity index (χ0v) is 11.2. The van der Waals surface area contributed by atoms with Gasteiger partial charge in [-0.1, -0.05) is 35.9 Å². The number of aryl methyl sites for hydroxylation is 1. The molecule has 0 amide bonds. The third kappa shape index (κ3) is 2.42. The number of fused-ring (bicyclic) bond motifs is 1. The number of pyridine rings is 1. The molecule has 0 aliphatic rings. The second-order valence-corrected chi connectivity index (χ2v) is 4.72. The van der Waals surface area contributed by atoms with Gasteiger partial charge in [-0.2, -0.15) is 0 Å². The maximum absolute atomic E-state index is 5.86. The minimum atomic E-state index is 0.485. The zero-order valence-electron chi connectivity index (χ0n) is 10.5. The standard InChI is InChI=1S/C15H13ClN2O/c1-10-12(11-5-2-3-6-13(11)19-10)9-17-15-8-4-7-14(16)18-15/h2-8H,9H2,1H3,(H,17,18). The van der Waals surface area contributed by atoms with E-state index in [1.54, 1.807) is 6.07 Å². The molecule has 0 saturated carbocycles. The minimum absolute atomic E-state index is 0.485. The number of nitrogens with zero attached hydrogens (tertiary/aromatic N) is 1. The molecule has 0 saturated heterocycles. The molecule has 0 radical (unpaired) electrons. The van der Waals surface area contributed by atoms with E-state index in [0.717, 1.165) is 28.1 Å². The molecule has 0 aliphatic carbocycles. The van der Waals surface area contributed by atoms with Crippen LogP contribution in [0.4, 0.5) is 5.82 Å². The van der Waals surface area contributed by atoms with Crippen LogP contribution in [-0.4, -0.2) is 4.98 Å². The first kappa shape index (κ1) is 12.1. The van der Waals surface area contributed by atoms with Gasteiger partial charge in [-0.05, 0) is 25.1 Å². The number of anilines is 1. The molecule has 0 bridgehead atoms. The van der Waals surface area contributed by atoms with Crippen molar-refractivity contribution in [2.75, 3.05) is 5.32 Å². The number of benzene rings is 1. The predicted molar refractivity (Wildman–Crippen MR) is 77.5 cm³/mol. The fourth-order valence-electron chi connectivity index (χ4n) is 2.13. The number of nitrogens with one attached hydrogen (secondary N) is 1. The monoisotopic (exact) mass is 272 g/mol. The fraction of sp³-hybridized carbons (Fsp3) is 0.133. The van der Waals surface area contributed by atoms with Gasteiger partial charge >= 0.3 is 0 Å². The van der Waals surface area contributed by atoms with Crippen molar-refractivity contribution >= 4 is 28.4 Å². The van der Waals surface area contributed by atoms with Gasteiger partial charge < -0.3 is 9.73 Å². The summed E-state index contributed by atoms with van der Waals surface area (Å²) in [5.74, 6) is 1.69. The van der Waals surface area contributed by atoms with Gasteiger partial charge in [-0.3, -0.25) is 0 Å². The van der Waals surface area contributed by atoms with Gasteiger partial charge in [0.05, 0.1) is 0 Å². The lowest BCUT2D eigenvalue weighted by Gasteiger charge is -2.05. The Balaban J connectivity index is 1.87. The molecule has 0 atom stereocenters. The first-order valence-electron chi connectivity index (χ1n) is 6.07. The Morgan fingerprint density at radius 3 is 2.84 bits per heavy atom. The predicted octanol–water partition coefficient (Wildman–Crippen LogP) is 4.40. The van der Waals surface area contributed by atoms with Crippen LogP contribution < -0.4 is 5.32 Å². The van der Waals surface area contributed by atoms with Crippen LogP contribution in [0.2, 0.25) is 5.15 Å². The number of halogens is 1. The van der Waals surface area contributed by atoms with Crippen molar-refractivity contribution in [2.45, 2.75) is 13.5 Å². The van der Waals surface area contributed by atoms with E-state index in [4.69, 9.17) is 16.0 Å². The normalized spacial score (nSPS) is 10.8. The topological polar surface area (TPSA) is 38.1 Å². The number of hydrogen-bond acceptors (Lipinski definition) is 3. The van der Waals surface area contributed by atoms with Crippen molar-refractivity contribution in [2.24, 2.45) is 0 Å². The van der Waals surface area contributed by atoms with Crippen molar-refractivity contribution in [3.8, 4) is 0 Å². The molecule has 1 N–H and O–H groups in total. The van der Waals surface area contributed by atoms with E-state index in [0.29, 0.717) is 11.7 Å². The maximum Gasteiger partial charge on any atom is 0.134 e. The molecule has 0 fully saturated rings. The first-order chi connectivity index (χ1) is 9.24. The Morgan fingerprint density at radius 2 is 2.00 bits per heavy atom. The number of furan rings is 1. The number of hydrogen-bond donors (Lipinski definition) is 1. The van der Waals surface area contributed by atoms with Crippen molar-refractivity contribution in [1.29, 1.82) is 0 Å². The molecular formula is C15H13ClN2O. The first-order valence-corrected chi connectivity index (χ1v) is 6.45. The van der Waals surface area contributed by atoms with E-state index in [1.807, 2.05) is 37.3 Å². The molecule has 2 heterocycles. The Bertz CT molecular complexity index is 721. The van der Waals surface area contributed by atoms with Crippen molar-refractivity contribution in [3.63, 3.8) is 0 Å². The minimum Gasteiger partial charge on any atom is -0.461 e. The van der Waals surface area contributed by atoms with Crippen LogP contribution in [0.15, 0.2) is 46.9 Å². The van der Waals surface area contributed by atoms with Crippen LogP contribution in [-0.2, 0) is 6.54 Å². The lowest BCUT2D eigenvalue weighted by atomic mass is 10.1. The number of aromatic nitrogens is 1. The highest BCUT2D eigenvalue weighted by atomic mass is 35.5. The average molecular weight is 273 g/mol. The van der Waals surface area contributed by atoms with E-state index in [9.17, 15) is 0 Å². The quantitative estimate of drug-likeness (QED) is 0.718. The van der Waals surface area contributed by atoms with E-state index in [-0.39, 0.29) is 0 Å². The lowest BCUT2D eigenvalue weighted by Crippen LogP contribution is -2.01. The summed E-state index contributed by atoms with van der Waals surface area (Å²) >= 11 is 5.86. The fourth-order valence-corrected chi connectivity index (χ4v) is 2.29. The van der Waals surface area contributed by atoms with Gasteiger partial charge in [-0.25, -0.2) is 4.98 Å². The molecule has 3 rings (SSSR count). The molecule has 0 unspecified atom stereocenters. The third-order valence-electron chi connectivity index (χ3n) is 3.06. The van der Waals surface area contributed by atoms with Crippen molar-refractivity contribution in [1.82, 2.24) is 4.98 Å². The summed E-state index contributed by atoms with van der Waals surface area (Å²) < 4.78 is 5.72. The lowest BCUT2D eigenvalue weighted by molar-refractivity contribution is 0.573. The van der Waals surface area contributed by atoms with Crippen molar-refractivity contribution in [3.05, 3.63) is 58.9 Å². The zero-order chi connectivity index (χ0) is 13.2. The molecular weight excluding hydrogens is 260 g/mol. The van der Waals surface area contributed by atoms with Gasteiger partial charge in [0, 0.05) is 17.5 Å². The summed E-state index contributed by atoms with van der Waals surface area (Å²) in [4.78, 5) is 4.21. The number of rotatable bonds is 3. The Morgan fingerprint density at radius 1 is 1.16 bits per heavy atom. The van der Waals surface area contributed by atoms with Gasteiger partial charge in [0.2, 0.25) is 0 Å². The average Bonchev–Trinajstić information content (AvgIpc) is 2.72. The highest BCUT2D eigenvalue weighted by Crippen LogP contribution is 2.25. The van der Waals surface area contributed by atoms with E-state index in [1.165, 1.54) is 0 Å². The highest BCUT2D eigenvalue weighted by Gasteiger charge is 2.10. The molecule has 0 aliphatic heterocycles. The second-order valence-electron chi connectivity index (χ2n) is 4.33. The summed E-state index contributed by atoms with van der Waals surface area (Å²) in [5, 5.41) is 4.88. The van der Waals surface area contributed by atoms with E-state index in [2.05, 4.69) is 16.4 Å². The molecule has 2 aromatic heterocycles. The van der Waals surface area contributed by atoms with E-state index < -0.39 is 0 Å². The van der Waals surface area contributed by atoms with Crippen LogP contribution >= 0.6 is 11.6 Å². The van der Waals surface area contributed by atoms with Gasteiger partial charge in [-0.15, -0.1) is 0 Å². The largest absolute Gasteiger partial charge is 0.461 e. The maximum atomic E-state index is 5.86. The van der Waals surface area contributed by atoms with Crippen LogP contribution in [0.1, 0.15) is 11.3 Å². The molecule has 1 aromatic carbocycles. The summed E-state index contributed by atoms with van der Waals surface area (Å²) in [7, 11) is 0. The van der Waals surface area contributed by atoms with Gasteiger partial charge in [0.25, 0.3) is 0 Å². The Kier molecular flexibility index (Phi) is 3.13. The van der Waals surface area contributed by atoms with Crippen LogP contribution in [0.25, 0.3) is 11.0 Å². The van der Waals surface area contributed by atoms with Gasteiger partial charge in [0.15, 0.2) is 0 Å². The summed E-state index contributed by atoms with van der Waals surface area (Å²) in [6.45, 7) is 2.64. The Hall–Kier alpha value is -2.00. The van der Waals surface area contributed by atoms with E-state index >= 15 is 0 Å².